The highest BCUT2D eigenvalue weighted by atomic mass is 16.5. The number of anilines is 4. The van der Waals surface area contributed by atoms with Gasteiger partial charge in [0.25, 0.3) is 0 Å². The lowest BCUT2D eigenvalue weighted by Gasteiger charge is -2.12. The molecule has 0 aliphatic rings. The van der Waals surface area contributed by atoms with Crippen molar-refractivity contribution in [1.82, 2.24) is 9.97 Å². The van der Waals surface area contributed by atoms with Crippen LogP contribution in [0.25, 0.3) is 0 Å². The second kappa shape index (κ2) is 7.95. The first kappa shape index (κ1) is 16.5. The quantitative estimate of drug-likeness (QED) is 0.545. The van der Waals surface area contributed by atoms with Crippen LogP contribution >= 0.6 is 0 Å². The molecule has 1 heterocycles. The first-order chi connectivity index (χ1) is 11.1. The number of methoxy groups -OCH3 is 1. The molecule has 0 spiro atoms. The zero-order chi connectivity index (χ0) is 16.7. The van der Waals surface area contributed by atoms with E-state index < -0.39 is 5.97 Å². The Hall–Kier alpha value is -2.87. The van der Waals surface area contributed by atoms with Crippen molar-refractivity contribution in [3.8, 4) is 0 Å². The number of hydrogen-bond donors (Lipinski definition) is 4. The zero-order valence-electron chi connectivity index (χ0n) is 12.7. The monoisotopic (exact) mass is 317 g/mol. The highest BCUT2D eigenvalue weighted by molar-refractivity contribution is 5.88. The van der Waals surface area contributed by atoms with Crippen molar-refractivity contribution in [3.63, 3.8) is 0 Å². The van der Waals surface area contributed by atoms with Crippen molar-refractivity contribution in [1.29, 1.82) is 0 Å². The maximum absolute atomic E-state index is 10.8. The number of carboxylic acids is 1. The minimum atomic E-state index is -0.972. The maximum atomic E-state index is 10.8. The van der Waals surface area contributed by atoms with Gasteiger partial charge in [-0.15, -0.1) is 0 Å². The summed E-state index contributed by atoms with van der Waals surface area (Å²) in [6, 6.07) is 6.31. The van der Waals surface area contributed by atoms with Crippen molar-refractivity contribution >= 4 is 29.0 Å². The highest BCUT2D eigenvalue weighted by Gasteiger charge is 2.08. The SMILES string of the molecule is COCCCNc1ncnc(Nc2ccc(C(=O)O)cc2)c1N. The molecule has 0 amide bonds. The number of nitrogens with zero attached hydrogens (tertiary/aromatic N) is 2. The fourth-order valence-electron chi connectivity index (χ4n) is 1.89. The van der Waals surface area contributed by atoms with E-state index in [4.69, 9.17) is 15.6 Å². The molecule has 8 nitrogen and oxygen atoms in total. The number of nitrogens with one attached hydrogen (secondary N) is 2. The molecule has 1 aromatic heterocycles. The van der Waals surface area contributed by atoms with Gasteiger partial charge in [-0.25, -0.2) is 14.8 Å². The minimum Gasteiger partial charge on any atom is -0.478 e. The Morgan fingerprint density at radius 2 is 1.96 bits per heavy atom. The van der Waals surface area contributed by atoms with Gasteiger partial charge in [-0.3, -0.25) is 0 Å². The van der Waals surface area contributed by atoms with E-state index in [9.17, 15) is 4.79 Å². The van der Waals surface area contributed by atoms with Crippen molar-refractivity contribution in [2.45, 2.75) is 6.42 Å². The smallest absolute Gasteiger partial charge is 0.335 e. The number of hydrogen-bond acceptors (Lipinski definition) is 7. The van der Waals surface area contributed by atoms with Crippen LogP contribution in [0.1, 0.15) is 16.8 Å². The first-order valence-corrected chi connectivity index (χ1v) is 7.05. The van der Waals surface area contributed by atoms with E-state index in [1.165, 1.54) is 18.5 Å². The molecule has 0 bridgehead atoms. The molecule has 122 valence electrons. The molecule has 0 atom stereocenters. The number of aromatic carboxylic acids is 1. The fourth-order valence-corrected chi connectivity index (χ4v) is 1.89. The standard InChI is InChI=1S/C15H19N5O3/c1-23-8-2-7-17-13-12(16)14(19-9-18-13)20-11-5-3-10(4-6-11)15(21)22/h3-6,9H,2,7-8,16H2,1H3,(H,21,22)(H2,17,18,19,20). The summed E-state index contributed by atoms with van der Waals surface area (Å²) in [5, 5.41) is 15.1. The van der Waals surface area contributed by atoms with Crippen LogP contribution in [0, 0.1) is 0 Å². The first-order valence-electron chi connectivity index (χ1n) is 7.05. The number of nitrogens with two attached hydrogens (primary N) is 1. The van der Waals surface area contributed by atoms with Gasteiger partial charge in [0, 0.05) is 25.9 Å². The number of rotatable bonds is 8. The van der Waals surface area contributed by atoms with Crippen LogP contribution in [-0.2, 0) is 4.74 Å². The normalized spacial score (nSPS) is 10.3. The van der Waals surface area contributed by atoms with Gasteiger partial charge in [0.05, 0.1) is 5.56 Å². The number of aromatic nitrogens is 2. The third kappa shape index (κ3) is 4.55. The Morgan fingerprint density at radius 1 is 1.26 bits per heavy atom. The van der Waals surface area contributed by atoms with Crippen LogP contribution in [0.5, 0.6) is 0 Å². The van der Waals surface area contributed by atoms with Gasteiger partial charge in [-0.2, -0.15) is 0 Å². The molecule has 8 heteroatoms. The molecule has 5 N–H and O–H groups in total. The van der Waals surface area contributed by atoms with E-state index in [1.54, 1.807) is 19.2 Å². The molecule has 0 fully saturated rings. The summed E-state index contributed by atoms with van der Waals surface area (Å²) in [4.78, 5) is 19.1. The zero-order valence-corrected chi connectivity index (χ0v) is 12.7. The molecular formula is C15H19N5O3. The van der Waals surface area contributed by atoms with E-state index in [-0.39, 0.29) is 5.56 Å². The lowest BCUT2D eigenvalue weighted by atomic mass is 10.2. The molecule has 0 saturated carbocycles. The number of carbonyl (C=O) groups is 1. The summed E-state index contributed by atoms with van der Waals surface area (Å²) in [6.45, 7) is 1.33. The Labute approximate surface area is 133 Å². The molecule has 2 aromatic rings. The third-order valence-electron chi connectivity index (χ3n) is 3.10. The van der Waals surface area contributed by atoms with Crippen LogP contribution < -0.4 is 16.4 Å². The summed E-state index contributed by atoms with van der Waals surface area (Å²) in [5.41, 5.74) is 7.34. The lowest BCUT2D eigenvalue weighted by Crippen LogP contribution is -2.10. The Kier molecular flexibility index (Phi) is 5.70. The van der Waals surface area contributed by atoms with Crippen molar-refractivity contribution in [2.24, 2.45) is 0 Å². The van der Waals surface area contributed by atoms with E-state index >= 15 is 0 Å². The summed E-state index contributed by atoms with van der Waals surface area (Å²) < 4.78 is 4.98. The Bertz CT molecular complexity index is 661. The Balaban J connectivity index is 2.06. The molecule has 1 aromatic carbocycles. The van der Waals surface area contributed by atoms with E-state index in [0.717, 1.165) is 6.42 Å². The fraction of sp³-hybridized carbons (Fsp3) is 0.267. The average Bonchev–Trinajstić information content (AvgIpc) is 2.55. The molecule has 0 aliphatic heterocycles. The molecule has 23 heavy (non-hydrogen) atoms. The van der Waals surface area contributed by atoms with Crippen LogP contribution in [0.15, 0.2) is 30.6 Å². The van der Waals surface area contributed by atoms with Gasteiger partial charge in [0.2, 0.25) is 0 Å². The second-order valence-corrected chi connectivity index (χ2v) is 4.77. The molecule has 0 saturated heterocycles. The molecule has 0 unspecified atom stereocenters. The Morgan fingerprint density at radius 3 is 2.61 bits per heavy atom. The predicted molar refractivity (Wildman–Crippen MR) is 88.1 cm³/mol. The van der Waals surface area contributed by atoms with Crippen LogP contribution in [0.4, 0.5) is 23.0 Å². The molecule has 0 aliphatic carbocycles. The van der Waals surface area contributed by atoms with E-state index in [0.29, 0.717) is 36.2 Å². The molecule has 0 radical (unpaired) electrons. The van der Waals surface area contributed by atoms with Crippen molar-refractivity contribution in [2.75, 3.05) is 36.6 Å². The van der Waals surface area contributed by atoms with E-state index in [1.807, 2.05) is 0 Å². The summed E-state index contributed by atoms with van der Waals surface area (Å²) >= 11 is 0. The number of nitrogen functional groups attached to an aromatic ring is 1. The number of benzene rings is 1. The minimum absolute atomic E-state index is 0.215. The summed E-state index contributed by atoms with van der Waals surface area (Å²) in [5.74, 6) is 0.0266. The van der Waals surface area contributed by atoms with Gasteiger partial charge in [0.15, 0.2) is 11.6 Å². The van der Waals surface area contributed by atoms with Gasteiger partial charge >= 0.3 is 5.97 Å². The van der Waals surface area contributed by atoms with Crippen LogP contribution in [0.2, 0.25) is 0 Å². The summed E-state index contributed by atoms with van der Waals surface area (Å²) in [6.07, 6.45) is 2.24. The molecule has 2 rings (SSSR count). The summed E-state index contributed by atoms with van der Waals surface area (Å²) in [7, 11) is 1.65. The van der Waals surface area contributed by atoms with Crippen molar-refractivity contribution < 1.29 is 14.6 Å². The number of carboxylic acid groups (broad SMARTS) is 1. The third-order valence-corrected chi connectivity index (χ3v) is 3.10. The van der Waals surface area contributed by atoms with Gasteiger partial charge in [-0.05, 0) is 30.7 Å². The van der Waals surface area contributed by atoms with E-state index in [2.05, 4.69) is 20.6 Å². The average molecular weight is 317 g/mol. The van der Waals surface area contributed by atoms with Gasteiger partial charge in [0.1, 0.15) is 12.0 Å². The van der Waals surface area contributed by atoms with Crippen LogP contribution in [0.3, 0.4) is 0 Å². The van der Waals surface area contributed by atoms with Gasteiger partial charge < -0.3 is 26.2 Å². The maximum Gasteiger partial charge on any atom is 0.335 e. The van der Waals surface area contributed by atoms with Gasteiger partial charge in [-0.1, -0.05) is 0 Å². The topological polar surface area (TPSA) is 122 Å². The van der Waals surface area contributed by atoms with Crippen molar-refractivity contribution in [3.05, 3.63) is 36.2 Å². The van der Waals surface area contributed by atoms with Crippen LogP contribution in [-0.4, -0.2) is 41.3 Å². The number of ether oxygens (including phenoxy) is 1. The molecular weight excluding hydrogens is 298 g/mol. The predicted octanol–water partition coefficient (Wildman–Crippen LogP) is 1.95. The highest BCUT2D eigenvalue weighted by Crippen LogP contribution is 2.25. The largest absolute Gasteiger partial charge is 0.478 e. The lowest BCUT2D eigenvalue weighted by molar-refractivity contribution is 0.0697. The second-order valence-electron chi connectivity index (χ2n) is 4.77.